The van der Waals surface area contributed by atoms with Gasteiger partial charge in [-0.25, -0.2) is 0 Å². The Kier molecular flexibility index (Phi) is 4.95. The summed E-state index contributed by atoms with van der Waals surface area (Å²) < 4.78 is 0. The number of nitrogens with two attached hydrogens (primary N) is 1. The zero-order chi connectivity index (χ0) is 15.5. The SMILES string of the molecule is CC(C)(CC(C)(C)C1CCCC2=CNC=CC=C2C1)NN. The maximum absolute atomic E-state index is 5.71. The fraction of sp³-hybridized carbons (Fsp3) is 0.667. The van der Waals surface area contributed by atoms with Gasteiger partial charge in [0.25, 0.3) is 0 Å². The predicted octanol–water partition coefficient (Wildman–Crippen LogP) is 3.76. The molecule has 0 aromatic rings. The molecule has 118 valence electrons. The second-order valence-electron chi connectivity index (χ2n) is 7.87. The standard InChI is InChI=1S/C18H31N3/c1-17(2,13-18(3,4)21-19)16-9-5-7-15-12-20-10-6-8-14(15)11-16/h6,8,10,12,16,20-21H,5,7,9,11,13,19H2,1-4H3. The van der Waals surface area contributed by atoms with Crippen molar-refractivity contribution in [2.75, 3.05) is 0 Å². The summed E-state index contributed by atoms with van der Waals surface area (Å²) in [6.45, 7) is 9.18. The van der Waals surface area contributed by atoms with Gasteiger partial charge in [-0.15, -0.1) is 0 Å². The van der Waals surface area contributed by atoms with Crippen molar-refractivity contribution in [2.24, 2.45) is 17.2 Å². The number of allylic oxidation sites excluding steroid dienone is 4. The van der Waals surface area contributed by atoms with E-state index in [2.05, 4.69) is 56.8 Å². The van der Waals surface area contributed by atoms with Crippen LogP contribution >= 0.6 is 0 Å². The first-order chi connectivity index (χ1) is 9.84. The zero-order valence-electron chi connectivity index (χ0n) is 14.0. The lowest BCUT2D eigenvalue weighted by molar-refractivity contribution is 0.133. The molecular formula is C18H31N3. The first-order valence-corrected chi connectivity index (χ1v) is 8.13. The third kappa shape index (κ3) is 4.21. The molecule has 1 saturated carbocycles. The molecule has 3 heteroatoms. The van der Waals surface area contributed by atoms with E-state index in [1.54, 1.807) is 0 Å². The van der Waals surface area contributed by atoms with Crippen LogP contribution in [-0.2, 0) is 0 Å². The lowest BCUT2D eigenvalue weighted by Gasteiger charge is -2.40. The summed E-state index contributed by atoms with van der Waals surface area (Å²) in [6, 6.07) is 0. The largest absolute Gasteiger partial charge is 0.367 e. The number of hydrogen-bond acceptors (Lipinski definition) is 3. The quantitative estimate of drug-likeness (QED) is 0.545. The molecule has 4 N–H and O–H groups in total. The van der Waals surface area contributed by atoms with Crippen LogP contribution in [0.2, 0.25) is 0 Å². The average molecular weight is 289 g/mol. The fourth-order valence-electron chi connectivity index (χ4n) is 3.91. The first kappa shape index (κ1) is 16.3. The van der Waals surface area contributed by atoms with Gasteiger partial charge in [0.05, 0.1) is 0 Å². The number of hydrazine groups is 1. The van der Waals surface area contributed by atoms with Gasteiger partial charge in [-0.2, -0.15) is 0 Å². The lowest BCUT2D eigenvalue weighted by Crippen LogP contribution is -2.48. The molecule has 2 aliphatic rings. The Morgan fingerprint density at radius 1 is 1.29 bits per heavy atom. The Balaban J connectivity index is 2.16. The molecule has 0 saturated heterocycles. The van der Waals surface area contributed by atoms with E-state index in [4.69, 9.17) is 5.84 Å². The van der Waals surface area contributed by atoms with Crippen LogP contribution in [0.3, 0.4) is 0 Å². The summed E-state index contributed by atoms with van der Waals surface area (Å²) in [7, 11) is 0. The maximum Gasteiger partial charge on any atom is 0.0270 e. The number of rotatable bonds is 4. The predicted molar refractivity (Wildman–Crippen MR) is 90.2 cm³/mol. The minimum absolute atomic E-state index is 0.0201. The van der Waals surface area contributed by atoms with E-state index in [0.717, 1.165) is 6.42 Å². The van der Waals surface area contributed by atoms with Crippen molar-refractivity contribution in [3.8, 4) is 0 Å². The van der Waals surface area contributed by atoms with E-state index in [1.165, 1.54) is 36.8 Å². The highest BCUT2D eigenvalue weighted by molar-refractivity contribution is 5.36. The second kappa shape index (κ2) is 6.37. The molecule has 1 heterocycles. The topological polar surface area (TPSA) is 50.1 Å². The molecule has 0 amide bonds. The van der Waals surface area contributed by atoms with Crippen LogP contribution in [0.25, 0.3) is 0 Å². The van der Waals surface area contributed by atoms with Crippen molar-refractivity contribution in [3.63, 3.8) is 0 Å². The minimum Gasteiger partial charge on any atom is -0.367 e. The fourth-order valence-corrected chi connectivity index (χ4v) is 3.91. The molecule has 1 aliphatic heterocycles. The van der Waals surface area contributed by atoms with Crippen molar-refractivity contribution in [3.05, 3.63) is 35.7 Å². The van der Waals surface area contributed by atoms with Crippen molar-refractivity contribution >= 4 is 0 Å². The molecule has 0 bridgehead atoms. The summed E-state index contributed by atoms with van der Waals surface area (Å²) in [5.41, 5.74) is 6.21. The van der Waals surface area contributed by atoms with Crippen molar-refractivity contribution in [2.45, 2.75) is 65.3 Å². The third-order valence-electron chi connectivity index (χ3n) is 5.02. The zero-order valence-corrected chi connectivity index (χ0v) is 14.0. The van der Waals surface area contributed by atoms with E-state index in [-0.39, 0.29) is 11.0 Å². The van der Waals surface area contributed by atoms with Crippen molar-refractivity contribution < 1.29 is 0 Å². The summed E-state index contributed by atoms with van der Waals surface area (Å²) in [5, 5.41) is 3.25. The van der Waals surface area contributed by atoms with Crippen LogP contribution in [0, 0.1) is 11.3 Å². The number of nitrogens with one attached hydrogen (secondary N) is 2. The van der Waals surface area contributed by atoms with Gasteiger partial charge < -0.3 is 5.32 Å². The highest BCUT2D eigenvalue weighted by Crippen LogP contribution is 2.44. The highest BCUT2D eigenvalue weighted by Gasteiger charge is 2.36. The molecule has 1 atom stereocenters. The Hall–Kier alpha value is -1.06. The molecule has 0 aromatic heterocycles. The van der Waals surface area contributed by atoms with E-state index in [9.17, 15) is 0 Å². The highest BCUT2D eigenvalue weighted by atomic mass is 15.3. The number of fused-ring (bicyclic) bond motifs is 1. The van der Waals surface area contributed by atoms with Crippen LogP contribution in [0.4, 0.5) is 0 Å². The first-order valence-electron chi connectivity index (χ1n) is 8.13. The van der Waals surface area contributed by atoms with Gasteiger partial charge in [-0.05, 0) is 74.5 Å². The molecule has 1 aliphatic carbocycles. The second-order valence-corrected chi connectivity index (χ2v) is 7.87. The summed E-state index contributed by atoms with van der Waals surface area (Å²) >= 11 is 0. The lowest BCUT2D eigenvalue weighted by atomic mass is 9.68. The molecule has 0 radical (unpaired) electrons. The smallest absolute Gasteiger partial charge is 0.0270 e. The number of hydrogen-bond donors (Lipinski definition) is 3. The van der Waals surface area contributed by atoms with Gasteiger partial charge >= 0.3 is 0 Å². The normalized spacial score (nSPS) is 23.4. The van der Waals surface area contributed by atoms with E-state index in [1.807, 2.05) is 6.20 Å². The molecule has 2 rings (SSSR count). The van der Waals surface area contributed by atoms with E-state index in [0.29, 0.717) is 5.92 Å². The molecule has 21 heavy (non-hydrogen) atoms. The Morgan fingerprint density at radius 2 is 2.05 bits per heavy atom. The summed E-state index contributed by atoms with van der Waals surface area (Å²) in [6.07, 6.45) is 14.6. The molecule has 0 aromatic carbocycles. The molecule has 1 unspecified atom stereocenters. The van der Waals surface area contributed by atoms with Crippen molar-refractivity contribution in [1.82, 2.24) is 10.7 Å². The third-order valence-corrected chi connectivity index (χ3v) is 5.02. The molecular weight excluding hydrogens is 258 g/mol. The average Bonchev–Trinajstić information content (AvgIpc) is 2.72. The van der Waals surface area contributed by atoms with E-state index >= 15 is 0 Å². The van der Waals surface area contributed by atoms with E-state index < -0.39 is 0 Å². The van der Waals surface area contributed by atoms with Crippen LogP contribution in [-0.4, -0.2) is 5.54 Å². The van der Waals surface area contributed by atoms with Gasteiger partial charge in [-0.3, -0.25) is 11.3 Å². The van der Waals surface area contributed by atoms with Crippen LogP contribution < -0.4 is 16.6 Å². The maximum atomic E-state index is 5.71. The van der Waals surface area contributed by atoms with Gasteiger partial charge in [0.1, 0.15) is 0 Å². The monoisotopic (exact) mass is 289 g/mol. The van der Waals surface area contributed by atoms with Gasteiger partial charge in [-0.1, -0.05) is 19.9 Å². The summed E-state index contributed by atoms with van der Waals surface area (Å²) in [5.74, 6) is 6.42. The molecule has 0 spiro atoms. The van der Waals surface area contributed by atoms with Crippen LogP contribution in [0.1, 0.15) is 59.8 Å². The van der Waals surface area contributed by atoms with Gasteiger partial charge in [0.15, 0.2) is 0 Å². The Bertz CT molecular complexity index is 455. The van der Waals surface area contributed by atoms with Crippen LogP contribution in [0.5, 0.6) is 0 Å². The molecule has 3 nitrogen and oxygen atoms in total. The van der Waals surface area contributed by atoms with Crippen LogP contribution in [0.15, 0.2) is 35.7 Å². The summed E-state index contributed by atoms with van der Waals surface area (Å²) in [4.78, 5) is 0. The Labute approximate surface area is 129 Å². The van der Waals surface area contributed by atoms with Gasteiger partial charge in [0, 0.05) is 17.9 Å². The van der Waals surface area contributed by atoms with Gasteiger partial charge in [0.2, 0.25) is 0 Å². The molecule has 1 fully saturated rings. The Morgan fingerprint density at radius 3 is 2.76 bits per heavy atom. The minimum atomic E-state index is -0.0201. The van der Waals surface area contributed by atoms with Crippen molar-refractivity contribution in [1.29, 1.82) is 0 Å².